The second kappa shape index (κ2) is 7.42. The summed E-state index contributed by atoms with van der Waals surface area (Å²) in [6, 6.07) is 7.41. The van der Waals surface area contributed by atoms with Gasteiger partial charge in [-0.25, -0.2) is 4.68 Å². The monoisotopic (exact) mass is 369 g/mol. The molecule has 0 amide bonds. The van der Waals surface area contributed by atoms with Gasteiger partial charge in [0.15, 0.2) is 0 Å². The number of ether oxygens (including phenoxy) is 1. The molecule has 1 aliphatic heterocycles. The number of aliphatic hydroxyl groups is 1. The van der Waals surface area contributed by atoms with Gasteiger partial charge in [-0.1, -0.05) is 29.3 Å². The minimum Gasteiger partial charge on any atom is -0.388 e. The molecule has 0 atom stereocenters. The van der Waals surface area contributed by atoms with E-state index in [1.54, 1.807) is 4.68 Å². The SMILES string of the molecule is Cc1nn(-c2cccc(Cl)c2)c(Cl)c1CNCC1(O)CCOCC1. The van der Waals surface area contributed by atoms with E-state index in [1.165, 1.54) is 0 Å². The first-order valence-electron chi connectivity index (χ1n) is 7.99. The van der Waals surface area contributed by atoms with E-state index in [-0.39, 0.29) is 0 Å². The van der Waals surface area contributed by atoms with Crippen molar-refractivity contribution in [3.63, 3.8) is 0 Å². The Kier molecular flexibility index (Phi) is 5.47. The van der Waals surface area contributed by atoms with E-state index in [9.17, 15) is 5.11 Å². The van der Waals surface area contributed by atoms with Crippen LogP contribution in [0.2, 0.25) is 10.2 Å². The van der Waals surface area contributed by atoms with Crippen LogP contribution in [0.3, 0.4) is 0 Å². The van der Waals surface area contributed by atoms with Crippen LogP contribution in [0.1, 0.15) is 24.1 Å². The van der Waals surface area contributed by atoms with Crippen LogP contribution >= 0.6 is 23.2 Å². The van der Waals surface area contributed by atoms with Crippen molar-refractivity contribution in [3.8, 4) is 5.69 Å². The molecule has 5 nitrogen and oxygen atoms in total. The van der Waals surface area contributed by atoms with Crippen LogP contribution in [0.15, 0.2) is 24.3 Å². The molecule has 0 unspecified atom stereocenters. The fourth-order valence-corrected chi connectivity index (χ4v) is 3.38. The van der Waals surface area contributed by atoms with Gasteiger partial charge in [0.05, 0.1) is 17.0 Å². The first-order chi connectivity index (χ1) is 11.5. The average Bonchev–Trinajstić information content (AvgIpc) is 2.83. The van der Waals surface area contributed by atoms with Crippen molar-refractivity contribution in [1.29, 1.82) is 0 Å². The quantitative estimate of drug-likeness (QED) is 0.849. The number of rotatable bonds is 5. The Morgan fingerprint density at radius 2 is 2.08 bits per heavy atom. The first-order valence-corrected chi connectivity index (χ1v) is 8.75. The van der Waals surface area contributed by atoms with Gasteiger partial charge in [-0.3, -0.25) is 0 Å². The second-order valence-corrected chi connectivity index (χ2v) is 6.98. The minimum absolute atomic E-state index is 0.508. The summed E-state index contributed by atoms with van der Waals surface area (Å²) in [5.41, 5.74) is 1.89. The third kappa shape index (κ3) is 3.92. The Labute approximate surface area is 151 Å². The molecule has 2 N–H and O–H groups in total. The van der Waals surface area contributed by atoms with Crippen molar-refractivity contribution in [3.05, 3.63) is 45.7 Å². The largest absolute Gasteiger partial charge is 0.388 e. The van der Waals surface area contributed by atoms with E-state index in [1.807, 2.05) is 31.2 Å². The Bertz CT molecular complexity index is 712. The first kappa shape index (κ1) is 17.7. The Morgan fingerprint density at radius 1 is 1.33 bits per heavy atom. The predicted octanol–water partition coefficient (Wildman–Crippen LogP) is 3.12. The average molecular weight is 370 g/mol. The Morgan fingerprint density at radius 3 is 2.79 bits per heavy atom. The van der Waals surface area contributed by atoms with Crippen LogP contribution < -0.4 is 5.32 Å². The molecule has 0 spiro atoms. The Hall–Kier alpha value is -1.11. The molecule has 1 aromatic carbocycles. The zero-order chi connectivity index (χ0) is 17.2. The molecule has 2 heterocycles. The van der Waals surface area contributed by atoms with Gasteiger partial charge in [0.1, 0.15) is 5.15 Å². The highest BCUT2D eigenvalue weighted by Crippen LogP contribution is 2.25. The maximum Gasteiger partial charge on any atom is 0.137 e. The minimum atomic E-state index is -0.707. The van der Waals surface area contributed by atoms with Crippen molar-refractivity contribution in [2.24, 2.45) is 0 Å². The molecule has 1 aliphatic rings. The summed E-state index contributed by atoms with van der Waals surface area (Å²) in [6.45, 7) is 4.19. The molecular weight excluding hydrogens is 349 g/mol. The smallest absolute Gasteiger partial charge is 0.137 e. The molecule has 1 aromatic heterocycles. The van der Waals surface area contributed by atoms with Crippen LogP contribution in [0.4, 0.5) is 0 Å². The van der Waals surface area contributed by atoms with Gasteiger partial charge in [0.2, 0.25) is 0 Å². The summed E-state index contributed by atoms with van der Waals surface area (Å²) < 4.78 is 6.98. The molecule has 24 heavy (non-hydrogen) atoms. The summed E-state index contributed by atoms with van der Waals surface area (Å²) in [4.78, 5) is 0. The number of benzene rings is 1. The Balaban J connectivity index is 1.70. The van der Waals surface area contributed by atoms with Gasteiger partial charge in [-0.2, -0.15) is 5.10 Å². The molecule has 2 aromatic rings. The van der Waals surface area contributed by atoms with Crippen LogP contribution in [0.5, 0.6) is 0 Å². The summed E-state index contributed by atoms with van der Waals surface area (Å²) in [5.74, 6) is 0. The number of nitrogens with zero attached hydrogens (tertiary/aromatic N) is 2. The molecule has 0 radical (unpaired) electrons. The maximum absolute atomic E-state index is 10.5. The van der Waals surface area contributed by atoms with Gasteiger partial charge >= 0.3 is 0 Å². The third-order valence-corrected chi connectivity index (χ3v) is 4.98. The van der Waals surface area contributed by atoms with Crippen LogP contribution in [-0.2, 0) is 11.3 Å². The van der Waals surface area contributed by atoms with Crippen molar-refractivity contribution >= 4 is 23.2 Å². The highest BCUT2D eigenvalue weighted by atomic mass is 35.5. The standard InChI is InChI=1S/C17H21Cl2N3O2/c1-12-15(10-20-11-17(23)5-7-24-8-6-17)16(19)22(21-12)14-4-2-3-13(18)9-14/h2-4,9,20,23H,5-8,10-11H2,1H3. The van der Waals surface area contributed by atoms with Gasteiger partial charge < -0.3 is 15.2 Å². The molecule has 1 fully saturated rings. The molecule has 130 valence electrons. The molecule has 0 aliphatic carbocycles. The number of halogens is 2. The fourth-order valence-electron chi connectivity index (χ4n) is 2.86. The second-order valence-electron chi connectivity index (χ2n) is 6.19. The zero-order valence-corrected chi connectivity index (χ0v) is 15.1. The van der Waals surface area contributed by atoms with Gasteiger partial charge in [0, 0.05) is 49.7 Å². The van der Waals surface area contributed by atoms with Crippen molar-refractivity contribution in [2.75, 3.05) is 19.8 Å². The van der Waals surface area contributed by atoms with Crippen LogP contribution in [-0.4, -0.2) is 40.2 Å². The molecule has 1 saturated heterocycles. The maximum atomic E-state index is 10.5. The van der Waals surface area contributed by atoms with Gasteiger partial charge in [-0.15, -0.1) is 0 Å². The van der Waals surface area contributed by atoms with E-state index in [0.717, 1.165) is 16.9 Å². The van der Waals surface area contributed by atoms with Crippen LogP contribution in [0.25, 0.3) is 5.69 Å². The molecule has 3 rings (SSSR count). The lowest BCUT2D eigenvalue weighted by atomic mass is 9.94. The highest BCUT2D eigenvalue weighted by Gasteiger charge is 2.29. The molecule has 0 bridgehead atoms. The van der Waals surface area contributed by atoms with Crippen LogP contribution in [0, 0.1) is 6.92 Å². The van der Waals surface area contributed by atoms with E-state index in [4.69, 9.17) is 27.9 Å². The number of nitrogens with one attached hydrogen (secondary N) is 1. The van der Waals surface area contributed by atoms with Gasteiger partial charge in [-0.05, 0) is 25.1 Å². The zero-order valence-electron chi connectivity index (χ0n) is 13.6. The summed E-state index contributed by atoms with van der Waals surface area (Å²) in [7, 11) is 0. The van der Waals surface area contributed by atoms with E-state index >= 15 is 0 Å². The lowest BCUT2D eigenvalue weighted by Crippen LogP contribution is -2.44. The molecular formula is C17H21Cl2N3O2. The summed E-state index contributed by atoms with van der Waals surface area (Å²) in [5, 5.41) is 19.5. The topological polar surface area (TPSA) is 59.3 Å². The lowest BCUT2D eigenvalue weighted by molar-refractivity contribution is -0.0617. The van der Waals surface area contributed by atoms with E-state index in [2.05, 4.69) is 10.4 Å². The predicted molar refractivity (Wildman–Crippen MR) is 95.0 cm³/mol. The lowest BCUT2D eigenvalue weighted by Gasteiger charge is -2.32. The number of hydrogen-bond acceptors (Lipinski definition) is 4. The van der Waals surface area contributed by atoms with Crippen molar-refractivity contribution in [2.45, 2.75) is 31.9 Å². The van der Waals surface area contributed by atoms with Crippen molar-refractivity contribution in [1.82, 2.24) is 15.1 Å². The van der Waals surface area contributed by atoms with E-state index in [0.29, 0.717) is 49.3 Å². The van der Waals surface area contributed by atoms with Gasteiger partial charge in [0.25, 0.3) is 0 Å². The number of hydrogen-bond donors (Lipinski definition) is 2. The number of aromatic nitrogens is 2. The highest BCUT2D eigenvalue weighted by molar-refractivity contribution is 6.31. The third-order valence-electron chi connectivity index (χ3n) is 4.35. The molecule has 0 saturated carbocycles. The van der Waals surface area contributed by atoms with Crippen molar-refractivity contribution < 1.29 is 9.84 Å². The summed E-state index contributed by atoms with van der Waals surface area (Å²) >= 11 is 12.6. The molecule has 7 heteroatoms. The van der Waals surface area contributed by atoms with E-state index < -0.39 is 5.60 Å². The fraction of sp³-hybridized carbons (Fsp3) is 0.471. The number of aryl methyl sites for hydroxylation is 1. The normalized spacial score (nSPS) is 17.2. The summed E-state index contributed by atoms with van der Waals surface area (Å²) in [6.07, 6.45) is 1.29.